The molecule has 0 bridgehead atoms. The fourth-order valence-electron chi connectivity index (χ4n) is 2.17. The molecule has 0 aliphatic heterocycles. The Labute approximate surface area is 126 Å². The van der Waals surface area contributed by atoms with Crippen LogP contribution in [0.15, 0.2) is 30.3 Å². The number of esters is 1. The highest BCUT2D eigenvalue weighted by atomic mass is 32.2. The van der Waals surface area contributed by atoms with E-state index in [1.165, 1.54) is 0 Å². The van der Waals surface area contributed by atoms with Crippen LogP contribution in [0.1, 0.15) is 33.3 Å². The van der Waals surface area contributed by atoms with Gasteiger partial charge in [0.25, 0.3) is 0 Å². The highest BCUT2D eigenvalue weighted by Crippen LogP contribution is 2.28. The minimum Gasteiger partial charge on any atom is -0.464 e. The molecule has 4 heteroatoms. The number of thioether (sulfide) groups is 1. The molecule has 0 aliphatic carbocycles. The maximum atomic E-state index is 12.6. The van der Waals surface area contributed by atoms with Gasteiger partial charge in [-0.15, -0.1) is 0 Å². The maximum absolute atomic E-state index is 12.6. The third-order valence-corrected chi connectivity index (χ3v) is 3.99. The molecule has 0 spiro atoms. The molecule has 0 saturated heterocycles. The quantitative estimate of drug-likeness (QED) is 0.748. The van der Waals surface area contributed by atoms with Crippen molar-refractivity contribution in [3.63, 3.8) is 0 Å². The van der Waals surface area contributed by atoms with Crippen LogP contribution in [0, 0.1) is 0 Å². The minimum atomic E-state index is -0.772. The second-order valence-electron chi connectivity index (χ2n) is 4.93. The smallest absolute Gasteiger partial charge is 0.331 e. The molecular weight excluding hydrogens is 270 g/mol. The van der Waals surface area contributed by atoms with E-state index in [0.29, 0.717) is 12.4 Å². The van der Waals surface area contributed by atoms with Crippen LogP contribution in [0.4, 0.5) is 0 Å². The van der Waals surface area contributed by atoms with E-state index in [4.69, 9.17) is 4.74 Å². The zero-order valence-corrected chi connectivity index (χ0v) is 13.6. The molecule has 1 aromatic carbocycles. The summed E-state index contributed by atoms with van der Waals surface area (Å²) in [4.78, 5) is 12.6. The van der Waals surface area contributed by atoms with E-state index >= 15 is 0 Å². The molecule has 0 fully saturated rings. The van der Waals surface area contributed by atoms with Gasteiger partial charge in [-0.1, -0.05) is 37.3 Å². The van der Waals surface area contributed by atoms with E-state index in [0.717, 1.165) is 11.3 Å². The summed E-state index contributed by atoms with van der Waals surface area (Å²) in [5.74, 6) is 1.44. The number of hydrogen-bond donors (Lipinski definition) is 1. The Morgan fingerprint density at radius 3 is 2.45 bits per heavy atom. The molecule has 1 N–H and O–H groups in total. The van der Waals surface area contributed by atoms with Gasteiger partial charge in [-0.25, -0.2) is 4.79 Å². The normalized spacial score (nSPS) is 14.1. The second kappa shape index (κ2) is 8.32. The number of rotatable bonds is 8. The van der Waals surface area contributed by atoms with Crippen LogP contribution in [0.3, 0.4) is 0 Å². The average molecular weight is 295 g/mol. The zero-order chi connectivity index (χ0) is 15.0. The molecule has 0 heterocycles. The van der Waals surface area contributed by atoms with Crippen molar-refractivity contribution in [3.05, 3.63) is 35.9 Å². The lowest BCUT2D eigenvalue weighted by molar-refractivity contribution is -0.151. The molecule has 1 rings (SSSR count). The first-order valence-corrected chi connectivity index (χ1v) is 8.30. The summed E-state index contributed by atoms with van der Waals surface area (Å²) in [6.07, 6.45) is 0. The zero-order valence-electron chi connectivity index (χ0n) is 12.8. The molecule has 3 nitrogen and oxygen atoms in total. The Bertz CT molecular complexity index is 408. The van der Waals surface area contributed by atoms with E-state index < -0.39 is 5.54 Å². The second-order valence-corrected chi connectivity index (χ2v) is 6.20. The van der Waals surface area contributed by atoms with E-state index in [9.17, 15) is 4.79 Å². The Morgan fingerprint density at radius 2 is 1.95 bits per heavy atom. The van der Waals surface area contributed by atoms with Crippen LogP contribution in [0.2, 0.25) is 0 Å². The number of hydrogen-bond acceptors (Lipinski definition) is 4. The van der Waals surface area contributed by atoms with Crippen molar-refractivity contribution >= 4 is 17.7 Å². The first-order valence-electron chi connectivity index (χ1n) is 7.15. The predicted molar refractivity (Wildman–Crippen MR) is 86.0 cm³/mol. The summed E-state index contributed by atoms with van der Waals surface area (Å²) in [7, 11) is 0. The summed E-state index contributed by atoms with van der Waals surface area (Å²) in [5, 5.41) is 3.43. The van der Waals surface area contributed by atoms with Crippen molar-refractivity contribution in [3.8, 4) is 0 Å². The van der Waals surface area contributed by atoms with Gasteiger partial charge in [0.1, 0.15) is 0 Å². The van der Waals surface area contributed by atoms with Gasteiger partial charge in [-0.2, -0.15) is 11.8 Å². The molecule has 0 saturated carbocycles. The summed E-state index contributed by atoms with van der Waals surface area (Å²) in [6, 6.07) is 10.0. The molecule has 0 aliphatic rings. The minimum absolute atomic E-state index is 0.192. The molecule has 0 aromatic heterocycles. The largest absolute Gasteiger partial charge is 0.464 e. The van der Waals surface area contributed by atoms with Gasteiger partial charge in [0.05, 0.1) is 6.61 Å². The Kier molecular flexibility index (Phi) is 7.10. The molecule has 20 heavy (non-hydrogen) atoms. The third kappa shape index (κ3) is 4.25. The highest BCUT2D eigenvalue weighted by Gasteiger charge is 2.41. The van der Waals surface area contributed by atoms with Crippen LogP contribution < -0.4 is 5.32 Å². The van der Waals surface area contributed by atoms with Crippen molar-refractivity contribution < 1.29 is 9.53 Å². The summed E-state index contributed by atoms with van der Waals surface area (Å²) in [5.41, 5.74) is 0.194. The highest BCUT2D eigenvalue weighted by molar-refractivity contribution is 7.99. The number of ether oxygens (including phenoxy) is 1. The lowest BCUT2D eigenvalue weighted by Crippen LogP contribution is -2.54. The number of benzene rings is 1. The monoisotopic (exact) mass is 295 g/mol. The molecule has 1 atom stereocenters. The van der Waals surface area contributed by atoms with Gasteiger partial charge in [0, 0.05) is 11.8 Å². The van der Waals surface area contributed by atoms with Gasteiger partial charge in [-0.05, 0) is 32.1 Å². The van der Waals surface area contributed by atoms with Crippen molar-refractivity contribution in [2.75, 3.05) is 18.1 Å². The molecular formula is C16H25NO2S. The lowest BCUT2D eigenvalue weighted by atomic mass is 9.91. The standard InChI is InChI=1S/C16H25NO2S/c1-5-19-15(18)16(12-20-6-2,17-13(3)4)14-10-8-7-9-11-14/h7-11,13,17H,5-6,12H2,1-4H3. The van der Waals surface area contributed by atoms with Crippen molar-refractivity contribution in [2.24, 2.45) is 0 Å². The van der Waals surface area contributed by atoms with Gasteiger partial charge in [-0.3, -0.25) is 5.32 Å². The van der Waals surface area contributed by atoms with Gasteiger partial charge in [0.2, 0.25) is 0 Å². The van der Waals surface area contributed by atoms with Crippen molar-refractivity contribution in [1.82, 2.24) is 5.32 Å². The van der Waals surface area contributed by atoms with E-state index in [-0.39, 0.29) is 12.0 Å². The van der Waals surface area contributed by atoms with Crippen LogP contribution in [-0.2, 0) is 15.1 Å². The maximum Gasteiger partial charge on any atom is 0.331 e. The van der Waals surface area contributed by atoms with Crippen molar-refractivity contribution in [2.45, 2.75) is 39.3 Å². The van der Waals surface area contributed by atoms with E-state index in [2.05, 4.69) is 12.2 Å². The SMILES string of the molecule is CCOC(=O)C(CSCC)(NC(C)C)c1ccccc1. The van der Waals surface area contributed by atoms with Crippen LogP contribution in [0.5, 0.6) is 0 Å². The number of nitrogens with one attached hydrogen (secondary N) is 1. The lowest BCUT2D eigenvalue weighted by Gasteiger charge is -2.34. The summed E-state index contributed by atoms with van der Waals surface area (Å²) in [6.45, 7) is 8.43. The molecule has 1 aromatic rings. The summed E-state index contributed by atoms with van der Waals surface area (Å²) >= 11 is 1.74. The predicted octanol–water partition coefficient (Wildman–Crippen LogP) is 3.20. The Hall–Kier alpha value is -1.00. The van der Waals surface area contributed by atoms with Crippen molar-refractivity contribution in [1.29, 1.82) is 0 Å². The Morgan fingerprint density at radius 1 is 1.30 bits per heavy atom. The molecule has 0 amide bonds. The number of carbonyl (C=O) groups is 1. The van der Waals surface area contributed by atoms with E-state index in [1.54, 1.807) is 11.8 Å². The first kappa shape index (κ1) is 17.1. The fourth-order valence-corrected chi connectivity index (χ4v) is 3.05. The van der Waals surface area contributed by atoms with Crippen LogP contribution >= 0.6 is 11.8 Å². The van der Waals surface area contributed by atoms with Crippen LogP contribution in [-0.4, -0.2) is 30.1 Å². The van der Waals surface area contributed by atoms with Crippen LogP contribution in [0.25, 0.3) is 0 Å². The molecule has 1 unspecified atom stereocenters. The summed E-state index contributed by atoms with van der Waals surface area (Å²) < 4.78 is 5.34. The molecule has 112 valence electrons. The van der Waals surface area contributed by atoms with E-state index in [1.807, 2.05) is 51.1 Å². The number of carbonyl (C=O) groups excluding carboxylic acids is 1. The fraction of sp³-hybridized carbons (Fsp3) is 0.562. The van der Waals surface area contributed by atoms with Gasteiger partial charge >= 0.3 is 5.97 Å². The average Bonchev–Trinajstić information content (AvgIpc) is 2.44. The topological polar surface area (TPSA) is 38.3 Å². The Balaban J connectivity index is 3.21. The molecule has 0 radical (unpaired) electrons. The van der Waals surface area contributed by atoms with Gasteiger partial charge < -0.3 is 4.74 Å². The first-order chi connectivity index (χ1) is 9.56. The van der Waals surface area contributed by atoms with Gasteiger partial charge in [0.15, 0.2) is 5.54 Å². The third-order valence-electron chi connectivity index (χ3n) is 2.95.